The van der Waals surface area contributed by atoms with Crippen molar-refractivity contribution in [2.24, 2.45) is 0 Å². The van der Waals surface area contributed by atoms with E-state index in [1.165, 1.54) is 32.3 Å². The first-order valence-corrected chi connectivity index (χ1v) is 8.45. The van der Waals surface area contributed by atoms with Gasteiger partial charge in [0.2, 0.25) is 0 Å². The lowest BCUT2D eigenvalue weighted by molar-refractivity contribution is 0.686. The van der Waals surface area contributed by atoms with E-state index in [4.69, 9.17) is 0 Å². The molecule has 2 aromatic rings. The number of rotatable bonds is 5. The Labute approximate surface area is 136 Å². The normalized spacial score (nSPS) is 12.4. The number of halogens is 1. The van der Waals surface area contributed by atoms with E-state index in [9.17, 15) is 0 Å². The fraction of sp³-hybridized carbons (Fsp3) is 0.368. The molecule has 1 unspecified atom stereocenters. The number of hydrogen-bond donors (Lipinski definition) is 1. The summed E-state index contributed by atoms with van der Waals surface area (Å²) < 4.78 is 1.20. The van der Waals surface area contributed by atoms with Gasteiger partial charge >= 0.3 is 0 Å². The third-order valence-corrected chi connectivity index (χ3v) is 5.23. The average Bonchev–Trinajstić information content (AvgIpc) is 2.51. The summed E-state index contributed by atoms with van der Waals surface area (Å²) in [4.78, 5) is 0. The lowest BCUT2D eigenvalue weighted by Crippen LogP contribution is -2.18. The molecule has 2 heteroatoms. The third-order valence-electron chi connectivity index (χ3n) is 4.15. The van der Waals surface area contributed by atoms with Crippen LogP contribution in [-0.2, 0) is 12.8 Å². The van der Waals surface area contributed by atoms with Crippen LogP contribution in [0.25, 0.3) is 0 Å². The highest BCUT2D eigenvalue weighted by molar-refractivity contribution is 9.10. The van der Waals surface area contributed by atoms with Gasteiger partial charge in [0.25, 0.3) is 0 Å². The molecule has 2 rings (SSSR count). The number of benzene rings is 2. The van der Waals surface area contributed by atoms with Crippen molar-refractivity contribution in [1.29, 1.82) is 0 Å². The molecule has 0 aromatic heterocycles. The van der Waals surface area contributed by atoms with E-state index in [1.807, 2.05) is 7.05 Å². The topological polar surface area (TPSA) is 12.0 Å². The monoisotopic (exact) mass is 345 g/mol. The van der Waals surface area contributed by atoms with Gasteiger partial charge in [-0.2, -0.15) is 0 Å². The van der Waals surface area contributed by atoms with Gasteiger partial charge in [-0.25, -0.2) is 0 Å². The maximum atomic E-state index is 3.74. The van der Waals surface area contributed by atoms with Crippen LogP contribution < -0.4 is 5.32 Å². The van der Waals surface area contributed by atoms with Gasteiger partial charge in [0.05, 0.1) is 6.04 Å². The average molecular weight is 346 g/mol. The highest BCUT2D eigenvalue weighted by atomic mass is 79.9. The Morgan fingerprint density at radius 2 is 1.76 bits per heavy atom. The second-order valence-corrected chi connectivity index (χ2v) is 6.23. The summed E-state index contributed by atoms with van der Waals surface area (Å²) in [6, 6.07) is 13.6. The van der Waals surface area contributed by atoms with E-state index in [1.54, 1.807) is 0 Å². The van der Waals surface area contributed by atoms with Gasteiger partial charge in [-0.15, -0.1) is 0 Å². The Hall–Kier alpha value is -1.12. The molecule has 1 N–H and O–H groups in total. The molecule has 2 aromatic carbocycles. The fourth-order valence-electron chi connectivity index (χ4n) is 2.89. The fourth-order valence-corrected chi connectivity index (χ4v) is 3.39. The van der Waals surface area contributed by atoms with Crippen LogP contribution >= 0.6 is 15.9 Å². The molecule has 21 heavy (non-hydrogen) atoms. The Balaban J connectivity index is 2.49. The van der Waals surface area contributed by atoms with Crippen molar-refractivity contribution < 1.29 is 0 Å². The van der Waals surface area contributed by atoms with Gasteiger partial charge < -0.3 is 5.32 Å². The zero-order valence-corrected chi connectivity index (χ0v) is 14.9. The lowest BCUT2D eigenvalue weighted by atomic mass is 9.93. The Morgan fingerprint density at radius 3 is 2.38 bits per heavy atom. The molecular weight excluding hydrogens is 322 g/mol. The first-order chi connectivity index (χ1) is 10.1. The Morgan fingerprint density at radius 1 is 1.05 bits per heavy atom. The van der Waals surface area contributed by atoms with Gasteiger partial charge in [0, 0.05) is 4.47 Å². The van der Waals surface area contributed by atoms with Crippen molar-refractivity contribution in [3.63, 3.8) is 0 Å². The van der Waals surface area contributed by atoms with Gasteiger partial charge in [-0.1, -0.05) is 66.2 Å². The summed E-state index contributed by atoms with van der Waals surface area (Å²) in [6.45, 7) is 6.59. The van der Waals surface area contributed by atoms with Crippen molar-refractivity contribution in [2.75, 3.05) is 7.05 Å². The van der Waals surface area contributed by atoms with Crippen molar-refractivity contribution in [3.05, 3.63) is 68.7 Å². The van der Waals surface area contributed by atoms with E-state index in [-0.39, 0.29) is 6.04 Å². The summed E-state index contributed by atoms with van der Waals surface area (Å²) in [7, 11) is 2.03. The highest BCUT2D eigenvalue weighted by Gasteiger charge is 2.16. The van der Waals surface area contributed by atoms with E-state index in [2.05, 4.69) is 78.4 Å². The van der Waals surface area contributed by atoms with Crippen molar-refractivity contribution >= 4 is 15.9 Å². The summed E-state index contributed by atoms with van der Waals surface area (Å²) in [5.41, 5.74) is 6.81. The molecule has 0 aliphatic rings. The predicted octanol–water partition coefficient (Wildman–Crippen LogP) is 5.19. The summed E-state index contributed by atoms with van der Waals surface area (Å²) in [5.74, 6) is 0. The van der Waals surface area contributed by atoms with Crippen LogP contribution in [0.4, 0.5) is 0 Å². The molecule has 1 nitrogen and oxygen atoms in total. The second kappa shape index (κ2) is 7.24. The number of aryl methyl sites for hydroxylation is 3. The van der Waals surface area contributed by atoms with Gasteiger partial charge in [0.15, 0.2) is 0 Å². The minimum Gasteiger partial charge on any atom is -0.309 e. The van der Waals surface area contributed by atoms with Crippen LogP contribution in [0.1, 0.15) is 47.7 Å². The predicted molar refractivity (Wildman–Crippen MR) is 95.0 cm³/mol. The summed E-state index contributed by atoms with van der Waals surface area (Å²) in [5, 5.41) is 3.46. The van der Waals surface area contributed by atoms with Gasteiger partial charge in [0.1, 0.15) is 0 Å². The summed E-state index contributed by atoms with van der Waals surface area (Å²) in [6.07, 6.45) is 2.18. The molecule has 0 aliphatic heterocycles. The molecule has 0 radical (unpaired) electrons. The SMILES string of the molecule is CCc1ccc(C(NC)c2cccc(C)c2Br)cc1CC. The molecule has 0 amide bonds. The van der Waals surface area contributed by atoms with E-state index < -0.39 is 0 Å². The molecule has 1 atom stereocenters. The maximum absolute atomic E-state index is 3.74. The zero-order chi connectivity index (χ0) is 15.4. The standard InChI is InChI=1S/C19H24BrN/c1-5-14-10-11-16(12-15(14)6-2)19(21-4)17-9-7-8-13(3)18(17)20/h7-12,19,21H,5-6H2,1-4H3. The smallest absolute Gasteiger partial charge is 0.0585 e. The van der Waals surface area contributed by atoms with Crippen molar-refractivity contribution in [1.82, 2.24) is 5.32 Å². The molecule has 0 bridgehead atoms. The molecule has 112 valence electrons. The zero-order valence-electron chi connectivity index (χ0n) is 13.3. The first-order valence-electron chi connectivity index (χ1n) is 7.66. The molecule has 0 saturated carbocycles. The van der Waals surface area contributed by atoms with Crippen LogP contribution in [0.15, 0.2) is 40.9 Å². The quantitative estimate of drug-likeness (QED) is 0.785. The largest absolute Gasteiger partial charge is 0.309 e. The molecule has 0 spiro atoms. The first kappa shape index (κ1) is 16.3. The van der Waals surface area contributed by atoms with Crippen LogP contribution in [0.3, 0.4) is 0 Å². The van der Waals surface area contributed by atoms with Crippen molar-refractivity contribution in [3.8, 4) is 0 Å². The van der Waals surface area contributed by atoms with Crippen LogP contribution in [0.5, 0.6) is 0 Å². The molecule has 0 heterocycles. The molecule has 0 saturated heterocycles. The van der Waals surface area contributed by atoms with Crippen LogP contribution in [-0.4, -0.2) is 7.05 Å². The van der Waals surface area contributed by atoms with Crippen LogP contribution in [0, 0.1) is 6.92 Å². The number of nitrogens with one attached hydrogen (secondary N) is 1. The number of hydrogen-bond acceptors (Lipinski definition) is 1. The lowest BCUT2D eigenvalue weighted by Gasteiger charge is -2.21. The second-order valence-electron chi connectivity index (χ2n) is 5.44. The minimum atomic E-state index is 0.218. The third kappa shape index (κ3) is 3.38. The molecule has 0 fully saturated rings. The van der Waals surface area contributed by atoms with Crippen LogP contribution in [0.2, 0.25) is 0 Å². The summed E-state index contributed by atoms with van der Waals surface area (Å²) >= 11 is 3.74. The van der Waals surface area contributed by atoms with E-state index in [0.29, 0.717) is 0 Å². The van der Waals surface area contributed by atoms with Gasteiger partial charge in [-0.05, 0) is 54.6 Å². The Kier molecular flexibility index (Phi) is 5.60. The molecular formula is C19H24BrN. The maximum Gasteiger partial charge on any atom is 0.0585 e. The van der Waals surface area contributed by atoms with Crippen molar-refractivity contribution in [2.45, 2.75) is 39.7 Å². The van der Waals surface area contributed by atoms with E-state index >= 15 is 0 Å². The highest BCUT2D eigenvalue weighted by Crippen LogP contribution is 2.31. The minimum absolute atomic E-state index is 0.218. The molecule has 0 aliphatic carbocycles. The van der Waals surface area contributed by atoms with Gasteiger partial charge in [-0.3, -0.25) is 0 Å². The van der Waals surface area contributed by atoms with E-state index in [0.717, 1.165) is 12.8 Å². The Bertz CT molecular complexity index is 619.